The van der Waals surface area contributed by atoms with Gasteiger partial charge in [0.1, 0.15) is 12.4 Å². The van der Waals surface area contributed by atoms with Crippen LogP contribution in [0.15, 0.2) is 54.6 Å². The van der Waals surface area contributed by atoms with Crippen LogP contribution in [0.1, 0.15) is 16.7 Å². The molecule has 0 saturated heterocycles. The highest BCUT2D eigenvalue weighted by Gasteiger charge is 2.13. The second-order valence-electron chi connectivity index (χ2n) is 7.49. The third-order valence-corrected chi connectivity index (χ3v) is 5.24. The molecular formula is C25H25N3O3. The van der Waals surface area contributed by atoms with Gasteiger partial charge in [-0.3, -0.25) is 0 Å². The first kappa shape index (κ1) is 20.5. The van der Waals surface area contributed by atoms with E-state index in [1.54, 1.807) is 7.11 Å². The summed E-state index contributed by atoms with van der Waals surface area (Å²) in [7, 11) is 3.22. The summed E-state index contributed by atoms with van der Waals surface area (Å²) in [5.74, 6) is 0.825. The van der Waals surface area contributed by atoms with E-state index < -0.39 is 6.09 Å². The Morgan fingerprint density at radius 1 is 0.968 bits per heavy atom. The highest BCUT2D eigenvalue weighted by atomic mass is 16.5. The van der Waals surface area contributed by atoms with Crippen LogP contribution in [0.4, 0.5) is 16.2 Å². The predicted octanol–water partition coefficient (Wildman–Crippen LogP) is 5.61. The first-order valence-electron chi connectivity index (χ1n) is 10.1. The Balaban J connectivity index is 1.76. The van der Waals surface area contributed by atoms with E-state index in [0.717, 1.165) is 55.6 Å². The molecule has 0 radical (unpaired) electrons. The third kappa shape index (κ3) is 4.23. The minimum Gasteiger partial charge on any atom is -0.496 e. The number of hydrogen-bond acceptors (Lipinski definition) is 5. The smallest absolute Gasteiger partial charge is 0.407 e. The number of hydrogen-bond donors (Lipinski definition) is 2. The number of nitrogens with one attached hydrogen (secondary N) is 2. The highest BCUT2D eigenvalue weighted by Crippen LogP contribution is 2.36. The number of anilines is 2. The maximum Gasteiger partial charge on any atom is 0.407 e. The van der Waals surface area contributed by atoms with E-state index in [0.29, 0.717) is 0 Å². The summed E-state index contributed by atoms with van der Waals surface area (Å²) in [6.07, 6.45) is -0.448. The normalized spacial score (nSPS) is 10.8. The number of methoxy groups -OCH3 is 1. The Kier molecular flexibility index (Phi) is 5.62. The van der Waals surface area contributed by atoms with Crippen LogP contribution in [0.5, 0.6) is 5.75 Å². The highest BCUT2D eigenvalue weighted by molar-refractivity contribution is 6.09. The van der Waals surface area contributed by atoms with E-state index in [1.807, 2.05) is 37.3 Å². The molecule has 158 valence electrons. The van der Waals surface area contributed by atoms with Gasteiger partial charge in [0.2, 0.25) is 0 Å². The number of aromatic nitrogens is 1. The molecule has 0 aliphatic rings. The number of carbonyl (C=O) groups excluding carboxylic acids is 1. The molecule has 6 heteroatoms. The standard InChI is InChI=1S/C25H25N3O3/c1-15-5-10-19-21(11-15)28-22-12-16(2)23(30-4)13-20(22)24(19)27-18-8-6-17(7-9-18)14-31-25(29)26-3/h5-13H,14H2,1-4H3,(H,26,29)(H,27,28). The quantitative estimate of drug-likeness (QED) is 0.414. The van der Waals surface area contributed by atoms with Crippen LogP contribution < -0.4 is 15.4 Å². The van der Waals surface area contributed by atoms with Gasteiger partial charge in [0.05, 0.1) is 23.8 Å². The number of ether oxygens (including phenoxy) is 2. The number of benzene rings is 3. The number of carbonyl (C=O) groups is 1. The fourth-order valence-electron chi connectivity index (χ4n) is 3.59. The summed E-state index contributed by atoms with van der Waals surface area (Å²) in [6.45, 7) is 4.31. The molecule has 0 atom stereocenters. The van der Waals surface area contributed by atoms with Crippen molar-refractivity contribution in [3.8, 4) is 5.75 Å². The molecule has 0 saturated carbocycles. The van der Waals surface area contributed by atoms with Gasteiger partial charge in [-0.15, -0.1) is 0 Å². The van der Waals surface area contributed by atoms with Gasteiger partial charge in [-0.1, -0.05) is 24.3 Å². The average Bonchev–Trinajstić information content (AvgIpc) is 2.77. The Labute approximate surface area is 181 Å². The molecule has 0 bridgehead atoms. The Bertz CT molecular complexity index is 1270. The van der Waals surface area contributed by atoms with Gasteiger partial charge in [0.15, 0.2) is 0 Å². The van der Waals surface area contributed by atoms with Gasteiger partial charge in [-0.05, 0) is 60.9 Å². The monoisotopic (exact) mass is 415 g/mol. The maximum absolute atomic E-state index is 11.3. The molecule has 6 nitrogen and oxygen atoms in total. The molecule has 0 fully saturated rings. The topological polar surface area (TPSA) is 72.5 Å². The summed E-state index contributed by atoms with van der Waals surface area (Å²) >= 11 is 0. The van der Waals surface area contributed by atoms with Crippen LogP contribution in [-0.4, -0.2) is 25.2 Å². The molecule has 1 aromatic heterocycles. The third-order valence-electron chi connectivity index (χ3n) is 5.24. The SMILES string of the molecule is CNC(=O)OCc1ccc(Nc2c3ccc(C)cc3nc3cc(C)c(OC)cc23)cc1. The second-order valence-corrected chi connectivity index (χ2v) is 7.49. The molecule has 2 N–H and O–H groups in total. The van der Waals surface area contributed by atoms with Crippen molar-refractivity contribution in [3.05, 3.63) is 71.3 Å². The fourth-order valence-corrected chi connectivity index (χ4v) is 3.59. The predicted molar refractivity (Wildman–Crippen MR) is 124 cm³/mol. The lowest BCUT2D eigenvalue weighted by atomic mass is 10.0. The number of alkyl carbamates (subject to hydrolysis) is 1. The van der Waals surface area contributed by atoms with Crippen LogP contribution in [0.25, 0.3) is 21.8 Å². The van der Waals surface area contributed by atoms with Crippen LogP contribution in [0, 0.1) is 13.8 Å². The van der Waals surface area contributed by atoms with Crippen molar-refractivity contribution in [3.63, 3.8) is 0 Å². The van der Waals surface area contributed by atoms with Gasteiger partial charge in [0, 0.05) is 23.5 Å². The van der Waals surface area contributed by atoms with Gasteiger partial charge in [0.25, 0.3) is 0 Å². The summed E-state index contributed by atoms with van der Waals surface area (Å²) in [5, 5.41) is 8.04. The van der Waals surface area contributed by atoms with Crippen molar-refractivity contribution in [2.75, 3.05) is 19.5 Å². The van der Waals surface area contributed by atoms with Crippen LogP contribution >= 0.6 is 0 Å². The van der Waals surface area contributed by atoms with Crippen molar-refractivity contribution >= 4 is 39.3 Å². The molecule has 0 aliphatic carbocycles. The van der Waals surface area contributed by atoms with Crippen molar-refractivity contribution in [1.29, 1.82) is 0 Å². The van der Waals surface area contributed by atoms with Crippen molar-refractivity contribution < 1.29 is 14.3 Å². The van der Waals surface area contributed by atoms with Gasteiger partial charge in [-0.2, -0.15) is 0 Å². The lowest BCUT2D eigenvalue weighted by Crippen LogP contribution is -2.18. The van der Waals surface area contributed by atoms with Crippen LogP contribution in [0.3, 0.4) is 0 Å². The number of fused-ring (bicyclic) bond motifs is 2. The van der Waals surface area contributed by atoms with E-state index in [1.165, 1.54) is 7.05 Å². The number of nitrogens with zero attached hydrogens (tertiary/aromatic N) is 1. The van der Waals surface area contributed by atoms with E-state index in [2.05, 4.69) is 41.8 Å². The van der Waals surface area contributed by atoms with Crippen molar-refractivity contribution in [1.82, 2.24) is 10.3 Å². The lowest BCUT2D eigenvalue weighted by Gasteiger charge is -2.16. The summed E-state index contributed by atoms with van der Waals surface area (Å²) in [4.78, 5) is 16.2. The minimum atomic E-state index is -0.448. The first-order chi connectivity index (χ1) is 15.0. The molecule has 31 heavy (non-hydrogen) atoms. The van der Waals surface area contributed by atoms with Gasteiger partial charge in [-0.25, -0.2) is 9.78 Å². The lowest BCUT2D eigenvalue weighted by molar-refractivity contribution is 0.142. The zero-order valence-electron chi connectivity index (χ0n) is 18.1. The van der Waals surface area contributed by atoms with Crippen molar-refractivity contribution in [2.24, 2.45) is 0 Å². The molecule has 1 amide bonds. The summed E-state index contributed by atoms with van der Waals surface area (Å²) in [6, 6.07) is 18.2. The van der Waals surface area contributed by atoms with E-state index >= 15 is 0 Å². The summed E-state index contributed by atoms with van der Waals surface area (Å²) < 4.78 is 10.7. The fraction of sp³-hybridized carbons (Fsp3) is 0.200. The van der Waals surface area contributed by atoms with Crippen LogP contribution in [0.2, 0.25) is 0 Å². The Hall–Kier alpha value is -3.80. The average molecular weight is 415 g/mol. The molecule has 3 aromatic carbocycles. The molecule has 1 heterocycles. The molecule has 0 aliphatic heterocycles. The minimum absolute atomic E-state index is 0.219. The Morgan fingerprint density at radius 3 is 2.42 bits per heavy atom. The first-order valence-corrected chi connectivity index (χ1v) is 10.1. The molecule has 0 unspecified atom stereocenters. The largest absolute Gasteiger partial charge is 0.496 e. The molecule has 4 rings (SSSR count). The number of rotatable bonds is 5. The van der Waals surface area contributed by atoms with E-state index in [-0.39, 0.29) is 6.61 Å². The van der Waals surface area contributed by atoms with Gasteiger partial charge >= 0.3 is 6.09 Å². The Morgan fingerprint density at radius 2 is 1.71 bits per heavy atom. The van der Waals surface area contributed by atoms with E-state index in [4.69, 9.17) is 14.5 Å². The zero-order valence-corrected chi connectivity index (χ0v) is 18.1. The molecule has 4 aromatic rings. The number of amides is 1. The molecular weight excluding hydrogens is 390 g/mol. The number of pyridine rings is 1. The number of aryl methyl sites for hydroxylation is 2. The molecule has 0 spiro atoms. The van der Waals surface area contributed by atoms with Crippen molar-refractivity contribution in [2.45, 2.75) is 20.5 Å². The van der Waals surface area contributed by atoms with E-state index in [9.17, 15) is 4.79 Å². The zero-order chi connectivity index (χ0) is 22.0. The summed E-state index contributed by atoms with van der Waals surface area (Å²) in [5.41, 5.74) is 6.87. The van der Waals surface area contributed by atoms with Gasteiger partial charge < -0.3 is 20.1 Å². The van der Waals surface area contributed by atoms with Crippen LogP contribution in [-0.2, 0) is 11.3 Å². The second kappa shape index (κ2) is 8.52. The maximum atomic E-state index is 11.3.